The first-order chi connectivity index (χ1) is 18.7. The SMILES string of the molecule is [O-]C1C(c2ncnc3c(N4CCOCC4)cccc23)C([O-])C1c1ncnc2c(N3CCOCC3)cccc12. The van der Waals surface area contributed by atoms with E-state index in [-0.39, 0.29) is 0 Å². The lowest BCUT2D eigenvalue weighted by atomic mass is 9.65. The number of aromatic nitrogens is 4. The van der Waals surface area contributed by atoms with Crippen LogP contribution in [0.4, 0.5) is 11.4 Å². The molecule has 0 unspecified atom stereocenters. The maximum atomic E-state index is 13.7. The third-order valence-electron chi connectivity index (χ3n) is 8.10. The Balaban J connectivity index is 1.23. The Kier molecular flexibility index (Phi) is 6.04. The number of fused-ring (bicyclic) bond motifs is 2. The summed E-state index contributed by atoms with van der Waals surface area (Å²) >= 11 is 0. The number of anilines is 2. The molecule has 0 N–H and O–H groups in total. The van der Waals surface area contributed by atoms with Crippen molar-refractivity contribution >= 4 is 33.2 Å². The van der Waals surface area contributed by atoms with Crippen LogP contribution in [0.3, 0.4) is 0 Å². The molecule has 2 aromatic heterocycles. The molecule has 2 aromatic carbocycles. The average molecular weight is 513 g/mol. The standard InChI is InChI=1S/C28H28N6O4/c35-27-21(25-17-3-1-5-19(23(17)29-15-31-25)33-7-11-37-12-8-33)28(36)22(27)26-18-4-2-6-20(24(18)30-16-32-26)34-9-13-38-14-10-34/h1-6,15-16,21-22,27-28H,7-14H2/q-2. The molecule has 0 amide bonds. The number of nitrogens with zero attached hydrogens (tertiary/aromatic N) is 6. The fraction of sp³-hybridized carbons (Fsp3) is 0.429. The predicted octanol–water partition coefficient (Wildman–Crippen LogP) is 0.585. The van der Waals surface area contributed by atoms with E-state index in [1.807, 2.05) is 36.4 Å². The molecule has 0 atom stereocenters. The molecule has 2 saturated heterocycles. The highest BCUT2D eigenvalue weighted by molar-refractivity contribution is 5.94. The van der Waals surface area contributed by atoms with Crippen LogP contribution >= 0.6 is 0 Å². The second-order valence-electron chi connectivity index (χ2n) is 10.0. The van der Waals surface area contributed by atoms with Gasteiger partial charge in [-0.05, 0) is 24.0 Å². The largest absolute Gasteiger partial charge is 0.851 e. The Morgan fingerprint density at radius 3 is 1.45 bits per heavy atom. The van der Waals surface area contributed by atoms with Gasteiger partial charge in [0.05, 0.1) is 60.2 Å². The first kappa shape index (κ1) is 23.7. The lowest BCUT2D eigenvalue weighted by molar-refractivity contribution is -0.536. The van der Waals surface area contributed by atoms with Crippen LogP contribution in [-0.4, -0.2) is 84.8 Å². The number of benzene rings is 2. The van der Waals surface area contributed by atoms with E-state index in [0.29, 0.717) is 37.8 Å². The van der Waals surface area contributed by atoms with Crippen LogP contribution in [0.25, 0.3) is 21.8 Å². The Hall–Kier alpha value is -3.44. The molecule has 38 heavy (non-hydrogen) atoms. The number of hydrogen-bond donors (Lipinski definition) is 0. The van der Waals surface area contributed by atoms with Crippen molar-refractivity contribution in [1.29, 1.82) is 0 Å². The first-order valence-electron chi connectivity index (χ1n) is 13.2. The predicted molar refractivity (Wildman–Crippen MR) is 138 cm³/mol. The van der Waals surface area contributed by atoms with E-state index in [1.165, 1.54) is 12.7 Å². The molecular weight excluding hydrogens is 484 g/mol. The van der Waals surface area contributed by atoms with Crippen molar-refractivity contribution in [3.8, 4) is 0 Å². The molecule has 7 rings (SSSR count). The van der Waals surface area contributed by atoms with Crippen LogP contribution in [-0.2, 0) is 9.47 Å². The van der Waals surface area contributed by atoms with Gasteiger partial charge in [0.15, 0.2) is 0 Å². The maximum absolute atomic E-state index is 13.7. The molecule has 10 nitrogen and oxygen atoms in total. The Morgan fingerprint density at radius 1 is 0.605 bits per heavy atom. The van der Waals surface area contributed by atoms with Crippen LogP contribution in [0.1, 0.15) is 23.2 Å². The smallest absolute Gasteiger partial charge is 0.116 e. The molecule has 196 valence electrons. The number of hydrogen-bond acceptors (Lipinski definition) is 10. The van der Waals surface area contributed by atoms with Crippen LogP contribution in [0.15, 0.2) is 49.1 Å². The molecule has 2 aliphatic heterocycles. The maximum Gasteiger partial charge on any atom is 0.116 e. The molecule has 0 radical (unpaired) electrons. The van der Waals surface area contributed by atoms with E-state index in [2.05, 4.69) is 29.7 Å². The molecule has 10 heteroatoms. The van der Waals surface area contributed by atoms with Gasteiger partial charge in [-0.15, -0.1) is 12.2 Å². The Bertz CT molecular complexity index is 1350. The summed E-state index contributed by atoms with van der Waals surface area (Å²) in [4.78, 5) is 22.5. The molecule has 4 aromatic rings. The molecule has 1 aliphatic carbocycles. The van der Waals surface area contributed by atoms with Gasteiger partial charge in [-0.1, -0.05) is 24.3 Å². The molecule has 3 aliphatic rings. The van der Waals surface area contributed by atoms with Gasteiger partial charge < -0.3 is 29.5 Å². The third kappa shape index (κ3) is 3.79. The second kappa shape index (κ2) is 9.70. The van der Waals surface area contributed by atoms with Gasteiger partial charge in [0.2, 0.25) is 0 Å². The van der Waals surface area contributed by atoms with E-state index in [4.69, 9.17) is 9.47 Å². The van der Waals surface area contributed by atoms with Crippen LogP contribution < -0.4 is 20.0 Å². The van der Waals surface area contributed by atoms with Crippen molar-refractivity contribution in [1.82, 2.24) is 19.9 Å². The highest BCUT2D eigenvalue weighted by Gasteiger charge is 2.42. The quantitative estimate of drug-likeness (QED) is 0.384. The zero-order chi connectivity index (χ0) is 25.6. The summed E-state index contributed by atoms with van der Waals surface area (Å²) in [5.41, 5.74) is 4.57. The normalized spacial score (nSPS) is 26.1. The first-order valence-corrected chi connectivity index (χ1v) is 13.2. The van der Waals surface area contributed by atoms with E-state index >= 15 is 0 Å². The minimum atomic E-state index is -1.16. The number of morpholine rings is 2. The number of rotatable bonds is 4. The Labute approximate surface area is 219 Å². The van der Waals surface area contributed by atoms with Gasteiger partial charge in [-0.3, -0.25) is 0 Å². The van der Waals surface area contributed by atoms with E-state index in [9.17, 15) is 10.2 Å². The average Bonchev–Trinajstić information content (AvgIpc) is 2.98. The van der Waals surface area contributed by atoms with Crippen LogP contribution in [0, 0.1) is 0 Å². The summed E-state index contributed by atoms with van der Waals surface area (Å²) < 4.78 is 11.0. The van der Waals surface area contributed by atoms with Crippen LogP contribution in [0.2, 0.25) is 0 Å². The van der Waals surface area contributed by atoms with Crippen molar-refractivity contribution in [2.45, 2.75) is 24.0 Å². The topological polar surface area (TPSA) is 123 Å². The van der Waals surface area contributed by atoms with E-state index < -0.39 is 24.0 Å². The van der Waals surface area contributed by atoms with E-state index in [0.717, 1.165) is 59.4 Å². The summed E-state index contributed by atoms with van der Waals surface area (Å²) in [6.45, 7) is 5.70. The molecule has 0 bridgehead atoms. The summed E-state index contributed by atoms with van der Waals surface area (Å²) in [5, 5.41) is 29.0. The molecular formula is C28H28N6O4-2. The van der Waals surface area contributed by atoms with Crippen molar-refractivity contribution in [2.24, 2.45) is 0 Å². The molecule has 0 spiro atoms. The molecule has 1 saturated carbocycles. The van der Waals surface area contributed by atoms with Gasteiger partial charge in [-0.25, -0.2) is 19.9 Å². The highest BCUT2D eigenvalue weighted by atomic mass is 16.5. The van der Waals surface area contributed by atoms with Crippen molar-refractivity contribution in [3.05, 3.63) is 60.4 Å². The monoisotopic (exact) mass is 512 g/mol. The zero-order valence-corrected chi connectivity index (χ0v) is 20.9. The summed E-state index contributed by atoms with van der Waals surface area (Å²) in [6.07, 6.45) is 0.632. The molecule has 4 heterocycles. The van der Waals surface area contributed by atoms with Crippen molar-refractivity contribution in [2.75, 3.05) is 62.4 Å². The lowest BCUT2D eigenvalue weighted by Crippen LogP contribution is -2.64. The van der Waals surface area contributed by atoms with Crippen molar-refractivity contribution in [3.63, 3.8) is 0 Å². The van der Waals surface area contributed by atoms with E-state index in [1.54, 1.807) is 0 Å². The van der Waals surface area contributed by atoms with Gasteiger partial charge in [0, 0.05) is 37.0 Å². The Morgan fingerprint density at radius 2 is 1.03 bits per heavy atom. The summed E-state index contributed by atoms with van der Waals surface area (Å²) in [7, 11) is 0. The molecule has 3 fully saturated rings. The zero-order valence-electron chi connectivity index (χ0n) is 20.9. The third-order valence-corrected chi connectivity index (χ3v) is 8.10. The van der Waals surface area contributed by atoms with Gasteiger partial charge >= 0.3 is 0 Å². The number of para-hydroxylation sites is 2. The second-order valence-corrected chi connectivity index (χ2v) is 10.0. The minimum absolute atomic E-state index is 0.536. The minimum Gasteiger partial charge on any atom is -0.851 e. The summed E-state index contributed by atoms with van der Waals surface area (Å²) in [5.74, 6) is -1.53. The fourth-order valence-electron chi connectivity index (χ4n) is 6.13. The lowest BCUT2D eigenvalue weighted by Gasteiger charge is -2.60. The highest BCUT2D eigenvalue weighted by Crippen LogP contribution is 2.47. The fourth-order valence-corrected chi connectivity index (χ4v) is 6.13. The van der Waals surface area contributed by atoms with Crippen LogP contribution in [0.5, 0.6) is 0 Å². The number of ether oxygens (including phenoxy) is 2. The van der Waals surface area contributed by atoms with Gasteiger partial charge in [0.25, 0.3) is 0 Å². The van der Waals surface area contributed by atoms with Crippen molar-refractivity contribution < 1.29 is 19.7 Å². The van der Waals surface area contributed by atoms with Gasteiger partial charge in [-0.2, -0.15) is 0 Å². The van der Waals surface area contributed by atoms with Gasteiger partial charge in [0.1, 0.15) is 12.7 Å². The summed E-state index contributed by atoms with van der Waals surface area (Å²) in [6, 6.07) is 11.8.